The van der Waals surface area contributed by atoms with E-state index in [0.717, 1.165) is 12.0 Å². The second kappa shape index (κ2) is 4.89. The fourth-order valence-electron chi connectivity index (χ4n) is 3.89. The van der Waals surface area contributed by atoms with Crippen molar-refractivity contribution in [1.29, 1.82) is 0 Å². The third-order valence-corrected chi connectivity index (χ3v) is 5.22. The highest BCUT2D eigenvalue weighted by Crippen LogP contribution is 2.49. The summed E-state index contributed by atoms with van der Waals surface area (Å²) in [5.41, 5.74) is 2.62. The average Bonchev–Trinajstić information content (AvgIpc) is 2.78. The summed E-state index contributed by atoms with van der Waals surface area (Å²) in [5.74, 6) is 0.369. The van der Waals surface area contributed by atoms with Crippen LogP contribution in [0.25, 0.3) is 10.8 Å². The number of aliphatic hydroxyl groups is 1. The van der Waals surface area contributed by atoms with E-state index >= 15 is 0 Å². The van der Waals surface area contributed by atoms with Crippen molar-refractivity contribution < 1.29 is 5.11 Å². The summed E-state index contributed by atoms with van der Waals surface area (Å²) in [6.45, 7) is 6.73. The first-order chi connectivity index (χ1) is 9.50. The molecule has 2 unspecified atom stereocenters. The number of aliphatic hydroxyl groups excluding tert-OH is 1. The van der Waals surface area contributed by atoms with Crippen LogP contribution >= 0.6 is 0 Å². The Morgan fingerprint density at radius 1 is 1.10 bits per heavy atom. The van der Waals surface area contributed by atoms with E-state index in [9.17, 15) is 5.11 Å². The molecule has 0 saturated heterocycles. The first-order valence-electron chi connectivity index (χ1n) is 7.67. The molecular weight excluding hydrogens is 244 g/mol. The fraction of sp³-hybridized carbons (Fsp3) is 0.474. The maximum atomic E-state index is 10.9. The van der Waals surface area contributed by atoms with Gasteiger partial charge < -0.3 is 5.11 Å². The highest BCUT2D eigenvalue weighted by Gasteiger charge is 2.39. The van der Waals surface area contributed by atoms with Crippen LogP contribution in [0.15, 0.2) is 36.4 Å². The summed E-state index contributed by atoms with van der Waals surface area (Å²) in [6.07, 6.45) is 3.24. The van der Waals surface area contributed by atoms with E-state index in [1.807, 2.05) is 0 Å². The van der Waals surface area contributed by atoms with Gasteiger partial charge in [0.05, 0.1) is 6.10 Å². The van der Waals surface area contributed by atoms with Crippen molar-refractivity contribution in [2.24, 2.45) is 11.3 Å². The zero-order valence-electron chi connectivity index (χ0n) is 12.7. The molecule has 3 rings (SSSR count). The van der Waals surface area contributed by atoms with Gasteiger partial charge in [-0.1, -0.05) is 56.7 Å². The summed E-state index contributed by atoms with van der Waals surface area (Å²) in [6, 6.07) is 12.7. The van der Waals surface area contributed by atoms with Crippen LogP contribution in [0.2, 0.25) is 0 Å². The number of benzene rings is 2. The van der Waals surface area contributed by atoms with Crippen molar-refractivity contribution in [2.45, 2.75) is 46.1 Å². The summed E-state index contributed by atoms with van der Waals surface area (Å²) < 4.78 is 0. The van der Waals surface area contributed by atoms with Crippen LogP contribution in [0, 0.1) is 18.3 Å². The Labute approximate surface area is 121 Å². The van der Waals surface area contributed by atoms with Crippen molar-refractivity contribution in [3.8, 4) is 0 Å². The quantitative estimate of drug-likeness (QED) is 0.812. The van der Waals surface area contributed by atoms with Crippen molar-refractivity contribution in [3.05, 3.63) is 47.5 Å². The van der Waals surface area contributed by atoms with Crippen molar-refractivity contribution in [3.63, 3.8) is 0 Å². The Balaban J connectivity index is 2.08. The molecule has 1 saturated carbocycles. The molecule has 1 fully saturated rings. The molecule has 0 amide bonds. The molecule has 1 N–H and O–H groups in total. The molecule has 1 aliphatic carbocycles. The molecule has 1 aliphatic rings. The van der Waals surface area contributed by atoms with Gasteiger partial charge in [-0.3, -0.25) is 0 Å². The standard InChI is InChI=1S/C19H24O/c1-13-10-11-16(15-8-5-4-7-14(13)15)18(20)17-9-6-12-19(17,2)3/h4-5,7-8,10-11,17-18,20H,6,9,12H2,1-3H3. The van der Waals surface area contributed by atoms with E-state index < -0.39 is 0 Å². The molecule has 20 heavy (non-hydrogen) atoms. The van der Waals surface area contributed by atoms with Crippen molar-refractivity contribution >= 4 is 10.8 Å². The maximum Gasteiger partial charge on any atom is 0.0829 e. The largest absolute Gasteiger partial charge is 0.388 e. The highest BCUT2D eigenvalue weighted by molar-refractivity contribution is 5.88. The zero-order valence-corrected chi connectivity index (χ0v) is 12.7. The summed E-state index contributed by atoms with van der Waals surface area (Å²) >= 11 is 0. The first kappa shape index (κ1) is 13.6. The normalized spacial score (nSPS) is 23.1. The third-order valence-electron chi connectivity index (χ3n) is 5.22. The van der Waals surface area contributed by atoms with Gasteiger partial charge in [-0.05, 0) is 53.0 Å². The lowest BCUT2D eigenvalue weighted by atomic mass is 9.76. The number of hydrogen-bond acceptors (Lipinski definition) is 1. The second-order valence-corrected chi connectivity index (χ2v) is 6.95. The second-order valence-electron chi connectivity index (χ2n) is 6.95. The molecule has 0 radical (unpaired) electrons. The molecule has 2 aromatic carbocycles. The minimum Gasteiger partial charge on any atom is -0.388 e. The Morgan fingerprint density at radius 2 is 1.80 bits per heavy atom. The maximum absolute atomic E-state index is 10.9. The van der Waals surface area contributed by atoms with Crippen LogP contribution < -0.4 is 0 Å². The topological polar surface area (TPSA) is 20.2 Å². The molecule has 1 heteroatoms. The van der Waals surface area contributed by atoms with E-state index in [1.54, 1.807) is 0 Å². The first-order valence-corrected chi connectivity index (χ1v) is 7.67. The molecular formula is C19H24O. The van der Waals surface area contributed by atoms with E-state index in [1.165, 1.54) is 29.2 Å². The number of aryl methyl sites for hydroxylation is 1. The molecule has 0 bridgehead atoms. The summed E-state index contributed by atoms with van der Waals surface area (Å²) in [4.78, 5) is 0. The summed E-state index contributed by atoms with van der Waals surface area (Å²) in [7, 11) is 0. The van der Waals surface area contributed by atoms with Gasteiger partial charge in [0.15, 0.2) is 0 Å². The van der Waals surface area contributed by atoms with Crippen LogP contribution in [0.3, 0.4) is 0 Å². The van der Waals surface area contributed by atoms with Gasteiger partial charge in [0, 0.05) is 0 Å². The predicted octanol–water partition coefficient (Wildman–Crippen LogP) is 5.01. The lowest BCUT2D eigenvalue weighted by Gasteiger charge is -2.32. The monoisotopic (exact) mass is 268 g/mol. The minimum atomic E-state index is -0.349. The molecule has 0 aliphatic heterocycles. The fourth-order valence-corrected chi connectivity index (χ4v) is 3.89. The van der Waals surface area contributed by atoms with Crippen molar-refractivity contribution in [1.82, 2.24) is 0 Å². The average molecular weight is 268 g/mol. The van der Waals surface area contributed by atoms with Crippen LogP contribution in [-0.4, -0.2) is 5.11 Å². The van der Waals surface area contributed by atoms with E-state index in [2.05, 4.69) is 57.2 Å². The Morgan fingerprint density at radius 3 is 2.45 bits per heavy atom. The van der Waals surface area contributed by atoms with Gasteiger partial charge in [0.2, 0.25) is 0 Å². The molecule has 2 aromatic rings. The smallest absolute Gasteiger partial charge is 0.0829 e. The number of hydrogen-bond donors (Lipinski definition) is 1. The molecule has 2 atom stereocenters. The number of fused-ring (bicyclic) bond motifs is 1. The SMILES string of the molecule is Cc1ccc(C(O)C2CCCC2(C)C)c2ccccc12. The Bertz CT molecular complexity index is 627. The molecule has 0 spiro atoms. The van der Waals surface area contributed by atoms with Crippen LogP contribution in [0.4, 0.5) is 0 Å². The summed E-state index contributed by atoms with van der Waals surface area (Å²) in [5, 5.41) is 13.4. The predicted molar refractivity (Wildman–Crippen MR) is 84.8 cm³/mol. The van der Waals surface area contributed by atoms with Gasteiger partial charge in [-0.2, -0.15) is 0 Å². The Kier molecular flexibility index (Phi) is 3.33. The lowest BCUT2D eigenvalue weighted by molar-refractivity contribution is 0.0542. The van der Waals surface area contributed by atoms with Gasteiger partial charge in [-0.15, -0.1) is 0 Å². The molecule has 1 nitrogen and oxygen atoms in total. The van der Waals surface area contributed by atoms with Gasteiger partial charge in [-0.25, -0.2) is 0 Å². The Hall–Kier alpha value is -1.34. The van der Waals surface area contributed by atoms with Gasteiger partial charge >= 0.3 is 0 Å². The lowest BCUT2D eigenvalue weighted by Crippen LogP contribution is -2.24. The van der Waals surface area contributed by atoms with E-state index in [0.29, 0.717) is 5.92 Å². The van der Waals surface area contributed by atoms with Crippen LogP contribution in [0.5, 0.6) is 0 Å². The van der Waals surface area contributed by atoms with Crippen LogP contribution in [0.1, 0.15) is 50.3 Å². The molecule has 0 aromatic heterocycles. The van der Waals surface area contributed by atoms with Crippen LogP contribution in [-0.2, 0) is 0 Å². The zero-order chi connectivity index (χ0) is 14.3. The third kappa shape index (κ3) is 2.14. The number of rotatable bonds is 2. The van der Waals surface area contributed by atoms with Crippen molar-refractivity contribution in [2.75, 3.05) is 0 Å². The van der Waals surface area contributed by atoms with Gasteiger partial charge in [0.25, 0.3) is 0 Å². The van der Waals surface area contributed by atoms with E-state index in [-0.39, 0.29) is 11.5 Å². The van der Waals surface area contributed by atoms with Gasteiger partial charge in [0.1, 0.15) is 0 Å². The highest BCUT2D eigenvalue weighted by atomic mass is 16.3. The minimum absolute atomic E-state index is 0.241. The van der Waals surface area contributed by atoms with E-state index in [4.69, 9.17) is 0 Å². The molecule has 106 valence electrons. The molecule has 0 heterocycles.